The molecule has 0 unspecified atom stereocenters. The Morgan fingerprint density at radius 3 is 2.87 bits per heavy atom. The molecule has 0 spiro atoms. The van der Waals surface area contributed by atoms with Crippen LogP contribution in [0.2, 0.25) is 0 Å². The van der Waals surface area contributed by atoms with Crippen molar-refractivity contribution in [1.82, 2.24) is 15.2 Å². The van der Waals surface area contributed by atoms with Crippen molar-refractivity contribution in [2.24, 2.45) is 0 Å². The summed E-state index contributed by atoms with van der Waals surface area (Å²) in [5, 5.41) is 3.07. The standard InChI is InChI=1S/C17H25N3O3/c1-22-17(6-9-23-10-7-17)13-19-16(21)20(15-4-5-15)12-14-3-2-8-18-11-14/h2-3,8,11,15H,4-7,9-10,12-13H2,1H3,(H,19,21). The van der Waals surface area contributed by atoms with Gasteiger partial charge < -0.3 is 19.7 Å². The average molecular weight is 319 g/mol. The molecule has 1 saturated carbocycles. The number of carbonyl (C=O) groups excluding carboxylic acids is 1. The predicted molar refractivity (Wildman–Crippen MR) is 86.0 cm³/mol. The first kappa shape index (κ1) is 16.2. The molecule has 1 aromatic heterocycles. The minimum absolute atomic E-state index is 0.0146. The second-order valence-corrected chi connectivity index (χ2v) is 6.38. The Balaban J connectivity index is 1.58. The second kappa shape index (κ2) is 7.27. The number of rotatable bonds is 6. The summed E-state index contributed by atoms with van der Waals surface area (Å²) in [6, 6.07) is 4.24. The Hall–Kier alpha value is -1.66. The summed E-state index contributed by atoms with van der Waals surface area (Å²) in [6.07, 6.45) is 7.36. The van der Waals surface area contributed by atoms with Gasteiger partial charge in [-0.05, 0) is 24.5 Å². The molecular formula is C17H25N3O3. The molecule has 1 aliphatic heterocycles. The lowest BCUT2D eigenvalue weighted by atomic mass is 9.94. The van der Waals surface area contributed by atoms with Crippen LogP contribution in [-0.2, 0) is 16.0 Å². The first-order valence-corrected chi connectivity index (χ1v) is 8.29. The molecule has 126 valence electrons. The summed E-state index contributed by atoms with van der Waals surface area (Å²) in [7, 11) is 1.71. The lowest BCUT2D eigenvalue weighted by molar-refractivity contribution is -0.0864. The van der Waals surface area contributed by atoms with Gasteiger partial charge in [-0.1, -0.05) is 6.07 Å². The van der Waals surface area contributed by atoms with Crippen LogP contribution in [0.15, 0.2) is 24.5 Å². The number of nitrogens with one attached hydrogen (secondary N) is 1. The number of nitrogens with zero attached hydrogens (tertiary/aromatic N) is 2. The third-order valence-corrected chi connectivity index (χ3v) is 4.72. The van der Waals surface area contributed by atoms with Crippen molar-refractivity contribution in [2.75, 3.05) is 26.9 Å². The molecule has 2 aliphatic rings. The summed E-state index contributed by atoms with van der Waals surface area (Å²) in [4.78, 5) is 18.7. The average Bonchev–Trinajstić information content (AvgIpc) is 3.44. The molecule has 3 rings (SSSR count). The second-order valence-electron chi connectivity index (χ2n) is 6.38. The number of pyridine rings is 1. The lowest BCUT2D eigenvalue weighted by Gasteiger charge is -2.36. The number of urea groups is 1. The number of hydrogen-bond acceptors (Lipinski definition) is 4. The van der Waals surface area contributed by atoms with Crippen LogP contribution in [0.3, 0.4) is 0 Å². The predicted octanol–water partition coefficient (Wildman–Crippen LogP) is 1.95. The zero-order valence-corrected chi connectivity index (χ0v) is 13.7. The zero-order valence-electron chi connectivity index (χ0n) is 13.7. The maximum Gasteiger partial charge on any atom is 0.318 e. The molecule has 1 aliphatic carbocycles. The van der Waals surface area contributed by atoms with E-state index in [1.54, 1.807) is 13.3 Å². The van der Waals surface area contributed by atoms with Crippen LogP contribution in [0, 0.1) is 0 Å². The third-order valence-electron chi connectivity index (χ3n) is 4.72. The zero-order chi connectivity index (χ0) is 16.1. The van der Waals surface area contributed by atoms with Crippen LogP contribution in [0.5, 0.6) is 0 Å². The largest absolute Gasteiger partial charge is 0.381 e. The number of amides is 2. The van der Waals surface area contributed by atoms with Crippen LogP contribution in [-0.4, -0.2) is 54.4 Å². The van der Waals surface area contributed by atoms with Crippen molar-refractivity contribution >= 4 is 6.03 Å². The molecule has 1 aromatic rings. The van der Waals surface area contributed by atoms with Gasteiger partial charge in [0.25, 0.3) is 0 Å². The van der Waals surface area contributed by atoms with Crippen molar-refractivity contribution in [2.45, 2.75) is 43.9 Å². The number of methoxy groups -OCH3 is 1. The van der Waals surface area contributed by atoms with Crippen molar-refractivity contribution < 1.29 is 14.3 Å². The van der Waals surface area contributed by atoms with Crippen molar-refractivity contribution in [1.29, 1.82) is 0 Å². The molecular weight excluding hydrogens is 294 g/mol. The highest BCUT2D eigenvalue weighted by atomic mass is 16.5. The molecule has 0 radical (unpaired) electrons. The molecule has 2 fully saturated rings. The first-order chi connectivity index (χ1) is 11.2. The van der Waals surface area contributed by atoms with E-state index >= 15 is 0 Å². The van der Waals surface area contributed by atoms with E-state index in [9.17, 15) is 4.79 Å². The van der Waals surface area contributed by atoms with Crippen LogP contribution in [0.4, 0.5) is 4.79 Å². The van der Waals surface area contributed by atoms with Gasteiger partial charge in [0.05, 0.1) is 5.60 Å². The molecule has 1 N–H and O–H groups in total. The number of aromatic nitrogens is 1. The monoisotopic (exact) mass is 319 g/mol. The Labute approximate surface area is 137 Å². The Bertz CT molecular complexity index is 513. The van der Waals surface area contributed by atoms with Gasteiger partial charge in [0.1, 0.15) is 0 Å². The van der Waals surface area contributed by atoms with Gasteiger partial charge >= 0.3 is 6.03 Å². The van der Waals surface area contributed by atoms with Crippen LogP contribution >= 0.6 is 0 Å². The van der Waals surface area contributed by atoms with E-state index < -0.39 is 0 Å². The highest BCUT2D eigenvalue weighted by Crippen LogP contribution is 2.29. The first-order valence-electron chi connectivity index (χ1n) is 8.29. The lowest BCUT2D eigenvalue weighted by Crippen LogP contribution is -2.51. The minimum atomic E-state index is -0.294. The summed E-state index contributed by atoms with van der Waals surface area (Å²) >= 11 is 0. The maximum absolute atomic E-state index is 12.6. The van der Waals surface area contributed by atoms with Crippen molar-refractivity contribution in [3.8, 4) is 0 Å². The third kappa shape index (κ3) is 4.20. The van der Waals surface area contributed by atoms with Gasteiger partial charge in [0, 0.05) is 64.7 Å². The molecule has 23 heavy (non-hydrogen) atoms. The van der Waals surface area contributed by atoms with E-state index in [0.29, 0.717) is 32.3 Å². The number of hydrogen-bond donors (Lipinski definition) is 1. The quantitative estimate of drug-likeness (QED) is 0.870. The molecule has 6 nitrogen and oxygen atoms in total. The van der Waals surface area contributed by atoms with E-state index in [0.717, 1.165) is 31.2 Å². The van der Waals surface area contributed by atoms with Crippen LogP contribution in [0.1, 0.15) is 31.2 Å². The van der Waals surface area contributed by atoms with Crippen molar-refractivity contribution in [3.63, 3.8) is 0 Å². The molecule has 2 heterocycles. The summed E-state index contributed by atoms with van der Waals surface area (Å²) in [5.41, 5.74) is 0.763. The van der Waals surface area contributed by atoms with Gasteiger partial charge in [-0.15, -0.1) is 0 Å². The Morgan fingerprint density at radius 1 is 1.48 bits per heavy atom. The van der Waals surface area contributed by atoms with E-state index in [4.69, 9.17) is 9.47 Å². The molecule has 0 bridgehead atoms. The topological polar surface area (TPSA) is 63.7 Å². The SMILES string of the molecule is COC1(CNC(=O)N(Cc2cccnc2)C2CC2)CCOCC1. The Kier molecular flexibility index (Phi) is 5.13. The Morgan fingerprint density at radius 2 is 2.26 bits per heavy atom. The summed E-state index contributed by atoms with van der Waals surface area (Å²) < 4.78 is 11.1. The van der Waals surface area contributed by atoms with E-state index in [1.165, 1.54) is 0 Å². The van der Waals surface area contributed by atoms with Gasteiger partial charge in [-0.3, -0.25) is 4.98 Å². The van der Waals surface area contributed by atoms with Crippen LogP contribution < -0.4 is 5.32 Å². The molecule has 0 aromatic carbocycles. The van der Waals surface area contributed by atoms with Gasteiger partial charge in [0.2, 0.25) is 0 Å². The summed E-state index contributed by atoms with van der Waals surface area (Å²) in [6.45, 7) is 2.51. The molecule has 1 saturated heterocycles. The normalized spacial score (nSPS) is 20.0. The van der Waals surface area contributed by atoms with Gasteiger partial charge in [-0.25, -0.2) is 4.79 Å². The van der Waals surface area contributed by atoms with Gasteiger partial charge in [0.15, 0.2) is 0 Å². The van der Waals surface area contributed by atoms with Crippen LogP contribution in [0.25, 0.3) is 0 Å². The number of ether oxygens (including phenoxy) is 2. The summed E-state index contributed by atoms with van der Waals surface area (Å²) in [5.74, 6) is 0. The molecule has 6 heteroatoms. The maximum atomic E-state index is 12.6. The van der Waals surface area contributed by atoms with E-state index in [-0.39, 0.29) is 11.6 Å². The van der Waals surface area contributed by atoms with E-state index in [2.05, 4.69) is 10.3 Å². The fourth-order valence-electron chi connectivity index (χ4n) is 2.98. The smallest absolute Gasteiger partial charge is 0.318 e. The fraction of sp³-hybridized carbons (Fsp3) is 0.647. The molecule has 2 amide bonds. The van der Waals surface area contributed by atoms with Gasteiger partial charge in [-0.2, -0.15) is 0 Å². The molecule has 0 atom stereocenters. The van der Waals surface area contributed by atoms with E-state index in [1.807, 2.05) is 23.2 Å². The highest BCUT2D eigenvalue weighted by Gasteiger charge is 2.36. The van der Waals surface area contributed by atoms with Crippen molar-refractivity contribution in [3.05, 3.63) is 30.1 Å². The minimum Gasteiger partial charge on any atom is -0.381 e. The number of carbonyl (C=O) groups is 1. The highest BCUT2D eigenvalue weighted by molar-refractivity contribution is 5.75. The fourth-order valence-corrected chi connectivity index (χ4v) is 2.98.